The Bertz CT molecular complexity index is 802. The molecule has 2 aliphatic carbocycles. The number of rotatable bonds is 4. The van der Waals surface area contributed by atoms with Crippen LogP contribution < -0.4 is 9.47 Å². The molecule has 0 radical (unpaired) electrons. The Hall–Kier alpha value is -1.65. The predicted molar refractivity (Wildman–Crippen MR) is 96.7 cm³/mol. The number of ether oxygens (including phenoxy) is 3. The molecule has 132 valence electrons. The van der Waals surface area contributed by atoms with Gasteiger partial charge in [0.25, 0.3) is 0 Å². The quantitative estimate of drug-likeness (QED) is 0.773. The average Bonchev–Trinajstić information content (AvgIpc) is 2.98. The maximum atomic E-state index is 6.50. The number of likely N-dealkylation sites (tertiary alicyclic amines) is 1. The number of nitrogens with zero attached hydrogens (tertiary/aromatic N) is 1. The standard InChI is InChI=1S/C20H22ClNO3/c1-23-15-5-3-12-11-14-13-4-6-16(24-2)19-20(13,17(12)18(15)25-19)7-9-22(14)10-8-21/h3-6,14,19H,7-11H2,1-2H3. The van der Waals surface area contributed by atoms with Crippen molar-refractivity contribution in [2.24, 2.45) is 0 Å². The van der Waals surface area contributed by atoms with Gasteiger partial charge in [-0.25, -0.2) is 0 Å². The molecule has 0 saturated carbocycles. The van der Waals surface area contributed by atoms with Gasteiger partial charge in [0.1, 0.15) is 5.76 Å². The molecule has 1 aromatic carbocycles. The van der Waals surface area contributed by atoms with Crippen LogP contribution in [0.25, 0.3) is 0 Å². The Morgan fingerprint density at radius 3 is 2.92 bits per heavy atom. The highest BCUT2D eigenvalue weighted by atomic mass is 35.5. The smallest absolute Gasteiger partial charge is 0.169 e. The fraction of sp³-hybridized carbons (Fsp3) is 0.500. The fourth-order valence-electron chi connectivity index (χ4n) is 5.38. The first kappa shape index (κ1) is 15.6. The van der Waals surface area contributed by atoms with E-state index in [-0.39, 0.29) is 11.5 Å². The number of methoxy groups -OCH3 is 2. The van der Waals surface area contributed by atoms with Gasteiger partial charge in [0, 0.05) is 30.6 Å². The van der Waals surface area contributed by atoms with Crippen molar-refractivity contribution in [2.45, 2.75) is 30.4 Å². The van der Waals surface area contributed by atoms with Gasteiger partial charge in [0.2, 0.25) is 0 Å². The molecule has 25 heavy (non-hydrogen) atoms. The van der Waals surface area contributed by atoms with Crippen LogP contribution in [0.5, 0.6) is 11.5 Å². The molecule has 4 aliphatic rings. The number of alkyl halides is 1. The highest BCUT2D eigenvalue weighted by Gasteiger charge is 2.62. The summed E-state index contributed by atoms with van der Waals surface area (Å²) in [5.41, 5.74) is 4.03. The van der Waals surface area contributed by atoms with Gasteiger partial charge in [-0.15, -0.1) is 11.6 Å². The molecule has 2 bridgehead atoms. The first-order valence-electron chi connectivity index (χ1n) is 8.88. The second-order valence-electron chi connectivity index (χ2n) is 7.19. The van der Waals surface area contributed by atoms with Crippen molar-refractivity contribution < 1.29 is 14.2 Å². The predicted octanol–water partition coefficient (Wildman–Crippen LogP) is 3.03. The van der Waals surface area contributed by atoms with Crippen molar-refractivity contribution in [3.63, 3.8) is 0 Å². The van der Waals surface area contributed by atoms with E-state index in [1.165, 1.54) is 16.7 Å². The van der Waals surface area contributed by atoms with E-state index in [1.807, 2.05) is 6.07 Å². The van der Waals surface area contributed by atoms with Gasteiger partial charge in [-0.3, -0.25) is 4.90 Å². The second-order valence-corrected chi connectivity index (χ2v) is 7.57. The summed E-state index contributed by atoms with van der Waals surface area (Å²) < 4.78 is 17.8. The van der Waals surface area contributed by atoms with Gasteiger partial charge in [-0.05, 0) is 36.1 Å². The highest BCUT2D eigenvalue weighted by Crippen LogP contribution is 2.62. The summed E-state index contributed by atoms with van der Waals surface area (Å²) in [6.45, 7) is 1.95. The minimum atomic E-state index is -0.120. The zero-order valence-corrected chi connectivity index (χ0v) is 15.3. The van der Waals surface area contributed by atoms with E-state index in [4.69, 9.17) is 25.8 Å². The van der Waals surface area contributed by atoms with Gasteiger partial charge < -0.3 is 14.2 Å². The largest absolute Gasteiger partial charge is 0.497 e. The van der Waals surface area contributed by atoms with Gasteiger partial charge in [0.05, 0.1) is 19.6 Å². The number of hydrogen-bond donors (Lipinski definition) is 0. The third-order valence-corrected chi connectivity index (χ3v) is 6.54. The van der Waals surface area contributed by atoms with E-state index in [9.17, 15) is 0 Å². The summed E-state index contributed by atoms with van der Waals surface area (Å²) >= 11 is 6.08. The Morgan fingerprint density at radius 1 is 1.28 bits per heavy atom. The van der Waals surface area contributed by atoms with Crippen molar-refractivity contribution in [2.75, 3.05) is 33.2 Å². The lowest BCUT2D eigenvalue weighted by molar-refractivity contribution is 0.0666. The molecule has 3 atom stereocenters. The molecule has 0 amide bonds. The van der Waals surface area contributed by atoms with Crippen molar-refractivity contribution in [1.29, 1.82) is 0 Å². The monoisotopic (exact) mass is 359 g/mol. The van der Waals surface area contributed by atoms with E-state index in [0.717, 1.165) is 43.2 Å². The van der Waals surface area contributed by atoms with E-state index >= 15 is 0 Å². The van der Waals surface area contributed by atoms with Gasteiger partial charge in [0.15, 0.2) is 17.6 Å². The second kappa shape index (κ2) is 5.42. The van der Waals surface area contributed by atoms with Crippen LogP contribution in [-0.4, -0.2) is 50.2 Å². The lowest BCUT2D eigenvalue weighted by atomic mass is 9.57. The number of hydrogen-bond acceptors (Lipinski definition) is 4. The zero-order chi connectivity index (χ0) is 17.2. The number of allylic oxidation sites excluding steroid dienone is 2. The van der Waals surface area contributed by atoms with Crippen LogP contribution in [0.1, 0.15) is 17.5 Å². The third-order valence-electron chi connectivity index (χ3n) is 6.37. The molecule has 2 heterocycles. The van der Waals surface area contributed by atoms with Gasteiger partial charge >= 0.3 is 0 Å². The van der Waals surface area contributed by atoms with E-state index < -0.39 is 0 Å². The van der Waals surface area contributed by atoms with Crippen LogP contribution in [0.15, 0.2) is 35.6 Å². The van der Waals surface area contributed by atoms with Crippen LogP contribution >= 0.6 is 11.6 Å². The fourth-order valence-corrected chi connectivity index (χ4v) is 5.59. The number of benzene rings is 1. The molecule has 3 unspecified atom stereocenters. The Morgan fingerprint density at radius 2 is 2.16 bits per heavy atom. The summed E-state index contributed by atoms with van der Waals surface area (Å²) in [4.78, 5) is 2.53. The molecule has 5 rings (SSSR count). The molecule has 5 heteroatoms. The van der Waals surface area contributed by atoms with E-state index in [0.29, 0.717) is 11.9 Å². The average molecular weight is 360 g/mol. The molecule has 0 N–H and O–H groups in total. The molecule has 1 spiro atoms. The Balaban J connectivity index is 1.76. The van der Waals surface area contributed by atoms with Crippen LogP contribution in [-0.2, 0) is 16.6 Å². The first-order valence-corrected chi connectivity index (χ1v) is 9.41. The number of piperidine rings is 1. The molecule has 2 aliphatic heterocycles. The van der Waals surface area contributed by atoms with Gasteiger partial charge in [-0.1, -0.05) is 12.1 Å². The zero-order valence-electron chi connectivity index (χ0n) is 14.5. The first-order chi connectivity index (χ1) is 12.2. The maximum Gasteiger partial charge on any atom is 0.169 e. The lowest BCUT2D eigenvalue weighted by Gasteiger charge is -2.53. The summed E-state index contributed by atoms with van der Waals surface area (Å²) in [6.07, 6.45) is 6.27. The lowest BCUT2D eigenvalue weighted by Crippen LogP contribution is -2.59. The Labute approximate surface area is 153 Å². The normalized spacial score (nSPS) is 31.6. The van der Waals surface area contributed by atoms with E-state index in [2.05, 4.69) is 23.1 Å². The number of halogens is 1. The Kier molecular flexibility index (Phi) is 3.38. The minimum absolute atomic E-state index is 0.0940. The highest BCUT2D eigenvalue weighted by molar-refractivity contribution is 6.18. The molecule has 4 nitrogen and oxygen atoms in total. The van der Waals surface area contributed by atoms with Crippen LogP contribution in [0.3, 0.4) is 0 Å². The molecule has 1 fully saturated rings. The minimum Gasteiger partial charge on any atom is -0.497 e. The van der Waals surface area contributed by atoms with Crippen LogP contribution in [0, 0.1) is 0 Å². The van der Waals surface area contributed by atoms with Crippen molar-refractivity contribution in [1.82, 2.24) is 4.90 Å². The van der Waals surface area contributed by atoms with Crippen molar-refractivity contribution >= 4 is 11.6 Å². The van der Waals surface area contributed by atoms with E-state index in [1.54, 1.807) is 14.2 Å². The van der Waals surface area contributed by atoms with Crippen LogP contribution in [0.2, 0.25) is 0 Å². The van der Waals surface area contributed by atoms with Gasteiger partial charge in [-0.2, -0.15) is 0 Å². The molecule has 0 aromatic heterocycles. The molecular formula is C20H22ClNO3. The summed E-state index contributed by atoms with van der Waals surface area (Å²) in [6, 6.07) is 4.64. The van der Waals surface area contributed by atoms with Crippen molar-refractivity contribution in [3.05, 3.63) is 46.7 Å². The molecular weight excluding hydrogens is 338 g/mol. The topological polar surface area (TPSA) is 30.9 Å². The molecule has 1 aromatic rings. The summed E-state index contributed by atoms with van der Waals surface area (Å²) in [7, 11) is 3.44. The third kappa shape index (κ3) is 1.82. The van der Waals surface area contributed by atoms with Crippen molar-refractivity contribution in [3.8, 4) is 11.5 Å². The molecule has 1 saturated heterocycles. The maximum absolute atomic E-state index is 6.50. The summed E-state index contributed by atoms with van der Waals surface area (Å²) in [5, 5.41) is 0. The SMILES string of the molecule is COC1=CC=C2C3Cc4ccc(OC)c5c4C2(CCN3CCCl)C1O5. The summed E-state index contributed by atoms with van der Waals surface area (Å²) in [5.74, 6) is 3.29. The van der Waals surface area contributed by atoms with Crippen LogP contribution in [0.4, 0.5) is 0 Å².